The topological polar surface area (TPSA) is 37.8 Å². The number of rotatable bonds is 2. The summed E-state index contributed by atoms with van der Waals surface area (Å²) in [7, 11) is 0. The number of nitrogens with zero attached hydrogens (tertiary/aromatic N) is 1. The summed E-state index contributed by atoms with van der Waals surface area (Å²) in [5.41, 5.74) is 5.29. The number of hydrogen-bond donors (Lipinski definition) is 1. The lowest BCUT2D eigenvalue weighted by Gasteiger charge is -2.05. The molecule has 0 amide bonds. The molecule has 0 unspecified atom stereocenters. The van der Waals surface area contributed by atoms with Crippen molar-refractivity contribution in [3.05, 3.63) is 69.6 Å². The van der Waals surface area contributed by atoms with Gasteiger partial charge in [-0.25, -0.2) is 4.79 Å². The largest absolute Gasteiger partial charge is 0.326 e. The van der Waals surface area contributed by atoms with Crippen molar-refractivity contribution in [3.63, 3.8) is 0 Å². The van der Waals surface area contributed by atoms with Crippen LogP contribution in [0.2, 0.25) is 0 Å². The van der Waals surface area contributed by atoms with Crippen molar-refractivity contribution in [1.29, 1.82) is 0 Å². The molecule has 0 atom stereocenters. The minimum atomic E-state index is -0.0502. The van der Waals surface area contributed by atoms with E-state index in [1.165, 1.54) is 5.56 Å². The smallest absolute Gasteiger partial charge is 0.305 e. The van der Waals surface area contributed by atoms with Gasteiger partial charge in [0.15, 0.2) is 0 Å². The monoisotopic (exact) mass is 252 g/mol. The van der Waals surface area contributed by atoms with E-state index in [1.807, 2.05) is 37.3 Å². The number of aromatic nitrogens is 2. The van der Waals surface area contributed by atoms with Crippen LogP contribution in [-0.2, 0) is 6.54 Å². The Morgan fingerprint density at radius 1 is 1.11 bits per heavy atom. The molecule has 0 saturated heterocycles. The van der Waals surface area contributed by atoms with Crippen LogP contribution in [0.15, 0.2) is 47.3 Å². The number of nitrogens with one attached hydrogen (secondary N) is 1. The lowest BCUT2D eigenvalue weighted by atomic mass is 10.1. The zero-order valence-corrected chi connectivity index (χ0v) is 11.1. The molecule has 0 aliphatic rings. The van der Waals surface area contributed by atoms with E-state index in [9.17, 15) is 4.79 Å². The number of imidazole rings is 1. The highest BCUT2D eigenvalue weighted by Crippen LogP contribution is 2.15. The van der Waals surface area contributed by atoms with E-state index in [-0.39, 0.29) is 5.69 Å². The Morgan fingerprint density at radius 2 is 1.89 bits per heavy atom. The summed E-state index contributed by atoms with van der Waals surface area (Å²) >= 11 is 0. The number of aryl methyl sites for hydroxylation is 2. The predicted molar refractivity (Wildman–Crippen MR) is 77.6 cm³/mol. The fourth-order valence-electron chi connectivity index (χ4n) is 2.47. The Labute approximate surface area is 111 Å². The van der Waals surface area contributed by atoms with E-state index in [2.05, 4.69) is 24.0 Å². The van der Waals surface area contributed by atoms with Crippen molar-refractivity contribution in [1.82, 2.24) is 9.55 Å². The maximum atomic E-state index is 12.1. The molecule has 19 heavy (non-hydrogen) atoms. The molecule has 0 bridgehead atoms. The molecule has 0 spiro atoms. The molecule has 3 heteroatoms. The van der Waals surface area contributed by atoms with Crippen molar-refractivity contribution < 1.29 is 0 Å². The molecule has 0 saturated carbocycles. The first-order chi connectivity index (χ1) is 9.15. The fraction of sp³-hybridized carbons (Fsp3) is 0.188. The molecule has 3 rings (SSSR count). The molecule has 3 nitrogen and oxygen atoms in total. The highest BCUT2D eigenvalue weighted by atomic mass is 16.1. The van der Waals surface area contributed by atoms with Crippen LogP contribution in [0.25, 0.3) is 11.0 Å². The first-order valence-electron chi connectivity index (χ1n) is 6.39. The van der Waals surface area contributed by atoms with Gasteiger partial charge < -0.3 is 4.98 Å². The summed E-state index contributed by atoms with van der Waals surface area (Å²) in [4.78, 5) is 15.0. The average Bonchev–Trinajstić information content (AvgIpc) is 2.69. The summed E-state index contributed by atoms with van der Waals surface area (Å²) in [6.07, 6.45) is 0. The lowest BCUT2D eigenvalue weighted by molar-refractivity contribution is 0.786. The number of fused-ring (bicyclic) bond motifs is 1. The number of aromatic amines is 1. The molecule has 0 radical (unpaired) electrons. The van der Waals surface area contributed by atoms with E-state index in [1.54, 1.807) is 4.57 Å². The first-order valence-corrected chi connectivity index (χ1v) is 6.39. The van der Waals surface area contributed by atoms with Crippen LogP contribution >= 0.6 is 0 Å². The Hall–Kier alpha value is -2.29. The van der Waals surface area contributed by atoms with Gasteiger partial charge in [-0.05, 0) is 31.0 Å². The predicted octanol–water partition coefficient (Wildman–Crippen LogP) is 2.99. The molecule has 1 heterocycles. The van der Waals surface area contributed by atoms with Gasteiger partial charge in [0.1, 0.15) is 0 Å². The van der Waals surface area contributed by atoms with Crippen LogP contribution in [0.3, 0.4) is 0 Å². The highest BCUT2D eigenvalue weighted by Gasteiger charge is 2.08. The molecule has 3 aromatic rings. The van der Waals surface area contributed by atoms with Crippen LogP contribution in [0.5, 0.6) is 0 Å². The summed E-state index contributed by atoms with van der Waals surface area (Å²) in [6.45, 7) is 4.67. The minimum Gasteiger partial charge on any atom is -0.305 e. The number of hydrogen-bond acceptors (Lipinski definition) is 1. The molecular weight excluding hydrogens is 236 g/mol. The summed E-state index contributed by atoms with van der Waals surface area (Å²) in [6, 6.07) is 14.2. The van der Waals surface area contributed by atoms with Gasteiger partial charge in [0, 0.05) is 0 Å². The number of benzene rings is 2. The fourth-order valence-corrected chi connectivity index (χ4v) is 2.47. The molecule has 2 aromatic carbocycles. The third-order valence-corrected chi connectivity index (χ3v) is 3.44. The van der Waals surface area contributed by atoms with Crippen LogP contribution in [0.1, 0.15) is 16.7 Å². The second-order valence-corrected chi connectivity index (χ2v) is 4.97. The van der Waals surface area contributed by atoms with Crippen molar-refractivity contribution >= 4 is 11.0 Å². The SMILES string of the molecule is Cc1cccc(Cn2c(=O)[nH]c3c(C)cccc32)c1. The summed E-state index contributed by atoms with van der Waals surface area (Å²) < 4.78 is 1.79. The second kappa shape index (κ2) is 4.43. The number of H-pyrrole nitrogens is 1. The third-order valence-electron chi connectivity index (χ3n) is 3.44. The van der Waals surface area contributed by atoms with Gasteiger partial charge in [0.25, 0.3) is 0 Å². The third kappa shape index (κ3) is 2.08. The minimum absolute atomic E-state index is 0.0502. The summed E-state index contributed by atoms with van der Waals surface area (Å²) in [5.74, 6) is 0. The molecule has 0 aliphatic carbocycles. The van der Waals surface area contributed by atoms with Gasteiger partial charge >= 0.3 is 5.69 Å². The maximum absolute atomic E-state index is 12.1. The van der Waals surface area contributed by atoms with E-state index < -0.39 is 0 Å². The van der Waals surface area contributed by atoms with E-state index in [4.69, 9.17) is 0 Å². The molecule has 1 aromatic heterocycles. The quantitative estimate of drug-likeness (QED) is 0.748. The Morgan fingerprint density at radius 3 is 2.68 bits per heavy atom. The Kier molecular flexibility index (Phi) is 2.75. The van der Waals surface area contributed by atoms with Crippen LogP contribution in [0, 0.1) is 13.8 Å². The average molecular weight is 252 g/mol. The van der Waals surface area contributed by atoms with Crippen LogP contribution in [0.4, 0.5) is 0 Å². The van der Waals surface area contributed by atoms with Gasteiger partial charge in [0.05, 0.1) is 17.6 Å². The van der Waals surface area contributed by atoms with Crippen molar-refractivity contribution in [2.45, 2.75) is 20.4 Å². The Bertz CT molecular complexity index is 796. The highest BCUT2D eigenvalue weighted by molar-refractivity contribution is 5.78. The zero-order valence-electron chi connectivity index (χ0n) is 11.1. The van der Waals surface area contributed by atoms with Gasteiger partial charge in [-0.2, -0.15) is 0 Å². The van der Waals surface area contributed by atoms with Gasteiger partial charge in [-0.15, -0.1) is 0 Å². The van der Waals surface area contributed by atoms with E-state index in [0.29, 0.717) is 6.54 Å². The molecule has 0 fully saturated rings. The van der Waals surface area contributed by atoms with Gasteiger partial charge in [0.2, 0.25) is 0 Å². The lowest BCUT2D eigenvalue weighted by Crippen LogP contribution is -2.17. The van der Waals surface area contributed by atoms with Crippen molar-refractivity contribution in [2.75, 3.05) is 0 Å². The second-order valence-electron chi connectivity index (χ2n) is 4.97. The van der Waals surface area contributed by atoms with Gasteiger partial charge in [-0.1, -0.05) is 42.0 Å². The molecule has 1 N–H and O–H groups in total. The van der Waals surface area contributed by atoms with Crippen LogP contribution < -0.4 is 5.69 Å². The molecule has 0 aliphatic heterocycles. The van der Waals surface area contributed by atoms with Crippen molar-refractivity contribution in [2.24, 2.45) is 0 Å². The zero-order chi connectivity index (χ0) is 13.4. The first kappa shape index (κ1) is 11.8. The van der Waals surface area contributed by atoms with Gasteiger partial charge in [-0.3, -0.25) is 4.57 Å². The van der Waals surface area contributed by atoms with E-state index in [0.717, 1.165) is 22.2 Å². The van der Waals surface area contributed by atoms with Crippen LogP contribution in [-0.4, -0.2) is 9.55 Å². The standard InChI is InChI=1S/C16H16N2O/c1-11-5-3-7-13(9-11)10-18-14-8-4-6-12(2)15(14)17-16(18)19/h3-9H,10H2,1-2H3,(H,17,19). The van der Waals surface area contributed by atoms with E-state index >= 15 is 0 Å². The summed E-state index contributed by atoms with van der Waals surface area (Å²) in [5, 5.41) is 0. The molecule has 96 valence electrons. The number of para-hydroxylation sites is 1. The molecular formula is C16H16N2O. The Balaban J connectivity index is 2.13. The normalized spacial score (nSPS) is 11.1. The maximum Gasteiger partial charge on any atom is 0.326 e. The van der Waals surface area contributed by atoms with Crippen molar-refractivity contribution in [3.8, 4) is 0 Å².